The zero-order chi connectivity index (χ0) is 11.3. The zero-order valence-electron chi connectivity index (χ0n) is 10.1. The van der Waals surface area contributed by atoms with Gasteiger partial charge in [-0.05, 0) is 38.4 Å². The molecular weight excluding hydrogens is 186 g/mol. The van der Waals surface area contributed by atoms with Gasteiger partial charge in [0.15, 0.2) is 0 Å². The zero-order valence-corrected chi connectivity index (χ0v) is 10.1. The highest BCUT2D eigenvalue weighted by atomic mass is 16.5. The first-order chi connectivity index (χ1) is 7.15. The minimum atomic E-state index is 0.397. The van der Waals surface area contributed by atoms with E-state index in [9.17, 15) is 0 Å². The van der Waals surface area contributed by atoms with Crippen LogP contribution in [0.15, 0.2) is 18.2 Å². The number of nitrogens with one attached hydrogen (secondary N) is 1. The van der Waals surface area contributed by atoms with Gasteiger partial charge in [0.1, 0.15) is 12.4 Å². The average molecular weight is 207 g/mol. The fourth-order valence-corrected chi connectivity index (χ4v) is 1.64. The Bertz CT molecular complexity index is 289. The summed E-state index contributed by atoms with van der Waals surface area (Å²) in [5, 5.41) is 3.33. The van der Waals surface area contributed by atoms with E-state index in [0.717, 1.165) is 18.9 Å². The summed E-state index contributed by atoms with van der Waals surface area (Å²) in [7, 11) is 0. The topological polar surface area (TPSA) is 21.3 Å². The van der Waals surface area contributed by atoms with Crippen LogP contribution >= 0.6 is 0 Å². The van der Waals surface area contributed by atoms with Crippen molar-refractivity contribution in [2.45, 2.75) is 33.7 Å². The Labute approximate surface area is 92.6 Å². The summed E-state index contributed by atoms with van der Waals surface area (Å²) in [4.78, 5) is 0. The number of ether oxygens (including phenoxy) is 1. The van der Waals surface area contributed by atoms with E-state index in [1.54, 1.807) is 0 Å². The summed E-state index contributed by atoms with van der Waals surface area (Å²) < 4.78 is 5.82. The fraction of sp³-hybridized carbons (Fsp3) is 0.538. The molecule has 0 saturated heterocycles. The summed E-state index contributed by atoms with van der Waals surface area (Å²) in [5.74, 6) is 1.03. The van der Waals surface area contributed by atoms with Gasteiger partial charge in [-0.15, -0.1) is 0 Å². The Kier molecular flexibility index (Phi) is 4.63. The maximum atomic E-state index is 5.82. The van der Waals surface area contributed by atoms with E-state index in [-0.39, 0.29) is 0 Å². The van der Waals surface area contributed by atoms with Crippen molar-refractivity contribution in [1.82, 2.24) is 5.32 Å². The maximum absolute atomic E-state index is 5.82. The van der Waals surface area contributed by atoms with Crippen molar-refractivity contribution in [3.8, 4) is 5.75 Å². The summed E-state index contributed by atoms with van der Waals surface area (Å²) in [6.07, 6.45) is 0. The molecule has 84 valence electrons. The normalized spacial score (nSPS) is 12.5. The molecule has 0 fully saturated rings. The molecule has 15 heavy (non-hydrogen) atoms. The number of hydrogen-bond donors (Lipinski definition) is 1. The van der Waals surface area contributed by atoms with Crippen LogP contribution < -0.4 is 10.1 Å². The molecule has 0 aliphatic heterocycles. The quantitative estimate of drug-likeness (QED) is 0.801. The molecule has 0 saturated carbocycles. The van der Waals surface area contributed by atoms with Gasteiger partial charge < -0.3 is 10.1 Å². The van der Waals surface area contributed by atoms with Crippen LogP contribution in [0.25, 0.3) is 0 Å². The Balaban J connectivity index is 2.57. The van der Waals surface area contributed by atoms with E-state index in [1.807, 2.05) is 0 Å². The summed E-state index contributed by atoms with van der Waals surface area (Å²) >= 11 is 0. The van der Waals surface area contributed by atoms with Gasteiger partial charge in [0, 0.05) is 6.04 Å². The van der Waals surface area contributed by atoms with E-state index < -0.39 is 0 Å². The third kappa shape index (κ3) is 3.56. The van der Waals surface area contributed by atoms with Crippen LogP contribution in [0.1, 0.15) is 25.0 Å². The standard InChI is InChI=1S/C13H21NO/c1-5-14-12(4)9-15-13-10(2)7-6-8-11(13)3/h6-8,12,14H,5,9H2,1-4H3/t12-/m1/s1. The first-order valence-electron chi connectivity index (χ1n) is 5.57. The van der Waals surface area contributed by atoms with Crippen LogP contribution in [0.4, 0.5) is 0 Å². The second-order valence-corrected chi connectivity index (χ2v) is 3.99. The lowest BCUT2D eigenvalue weighted by atomic mass is 10.1. The molecule has 1 aromatic rings. The maximum Gasteiger partial charge on any atom is 0.125 e. The molecule has 0 spiro atoms. The number of para-hydroxylation sites is 1. The Morgan fingerprint density at radius 2 is 1.87 bits per heavy atom. The van der Waals surface area contributed by atoms with Gasteiger partial charge in [0.05, 0.1) is 0 Å². The van der Waals surface area contributed by atoms with Gasteiger partial charge in [0.2, 0.25) is 0 Å². The molecule has 1 N–H and O–H groups in total. The van der Waals surface area contributed by atoms with Gasteiger partial charge in [-0.25, -0.2) is 0 Å². The summed E-state index contributed by atoms with van der Waals surface area (Å²) in [6, 6.07) is 6.63. The van der Waals surface area contributed by atoms with Crippen LogP contribution in [0.5, 0.6) is 5.75 Å². The second-order valence-electron chi connectivity index (χ2n) is 3.99. The molecule has 0 unspecified atom stereocenters. The van der Waals surface area contributed by atoms with Crippen molar-refractivity contribution in [3.63, 3.8) is 0 Å². The van der Waals surface area contributed by atoms with Gasteiger partial charge in [0.25, 0.3) is 0 Å². The van der Waals surface area contributed by atoms with Crippen LogP contribution in [0, 0.1) is 13.8 Å². The highest BCUT2D eigenvalue weighted by molar-refractivity contribution is 5.39. The molecule has 0 radical (unpaired) electrons. The molecule has 2 heteroatoms. The number of benzene rings is 1. The molecule has 0 bridgehead atoms. The highest BCUT2D eigenvalue weighted by Crippen LogP contribution is 2.22. The van der Waals surface area contributed by atoms with Crippen molar-refractivity contribution in [1.29, 1.82) is 0 Å². The Morgan fingerprint density at radius 3 is 2.40 bits per heavy atom. The second kappa shape index (κ2) is 5.76. The van der Waals surface area contributed by atoms with E-state index >= 15 is 0 Å². The third-order valence-corrected chi connectivity index (χ3v) is 2.44. The van der Waals surface area contributed by atoms with E-state index in [0.29, 0.717) is 6.04 Å². The summed E-state index contributed by atoms with van der Waals surface area (Å²) in [6.45, 7) is 10.1. The van der Waals surface area contributed by atoms with Crippen LogP contribution in [-0.4, -0.2) is 19.2 Å². The molecule has 0 aliphatic carbocycles. The average Bonchev–Trinajstić information content (AvgIpc) is 2.17. The molecule has 1 rings (SSSR count). The molecular formula is C13H21NO. The van der Waals surface area contributed by atoms with Crippen molar-refractivity contribution < 1.29 is 4.74 Å². The first-order valence-corrected chi connectivity index (χ1v) is 5.57. The van der Waals surface area contributed by atoms with Gasteiger partial charge in [-0.3, -0.25) is 0 Å². The lowest BCUT2D eigenvalue weighted by molar-refractivity contribution is 0.272. The molecule has 2 nitrogen and oxygen atoms in total. The monoisotopic (exact) mass is 207 g/mol. The predicted molar refractivity (Wildman–Crippen MR) is 64.5 cm³/mol. The number of hydrogen-bond acceptors (Lipinski definition) is 2. The number of likely N-dealkylation sites (N-methyl/N-ethyl adjacent to an activating group) is 1. The van der Waals surface area contributed by atoms with E-state index in [1.165, 1.54) is 11.1 Å². The van der Waals surface area contributed by atoms with E-state index in [2.05, 4.69) is 51.2 Å². The van der Waals surface area contributed by atoms with E-state index in [4.69, 9.17) is 4.74 Å². The predicted octanol–water partition coefficient (Wildman–Crippen LogP) is 2.68. The van der Waals surface area contributed by atoms with Gasteiger partial charge in [-0.1, -0.05) is 25.1 Å². The molecule has 0 aromatic heterocycles. The number of aryl methyl sites for hydroxylation is 2. The highest BCUT2D eigenvalue weighted by Gasteiger charge is 2.05. The molecule has 0 aliphatic rings. The third-order valence-electron chi connectivity index (χ3n) is 2.44. The van der Waals surface area contributed by atoms with Crippen LogP contribution in [-0.2, 0) is 0 Å². The van der Waals surface area contributed by atoms with Crippen molar-refractivity contribution in [3.05, 3.63) is 29.3 Å². The van der Waals surface area contributed by atoms with Crippen molar-refractivity contribution >= 4 is 0 Å². The van der Waals surface area contributed by atoms with Gasteiger partial charge in [-0.2, -0.15) is 0 Å². The first kappa shape index (κ1) is 12.1. The molecule has 0 amide bonds. The lowest BCUT2D eigenvalue weighted by Crippen LogP contribution is -2.31. The Hall–Kier alpha value is -1.02. The SMILES string of the molecule is CCN[C@H](C)COc1c(C)cccc1C. The molecule has 1 atom stereocenters. The lowest BCUT2D eigenvalue weighted by Gasteiger charge is -2.16. The molecule has 0 heterocycles. The van der Waals surface area contributed by atoms with Crippen molar-refractivity contribution in [2.75, 3.05) is 13.2 Å². The minimum absolute atomic E-state index is 0.397. The number of rotatable bonds is 5. The van der Waals surface area contributed by atoms with Crippen LogP contribution in [0.3, 0.4) is 0 Å². The van der Waals surface area contributed by atoms with Gasteiger partial charge >= 0.3 is 0 Å². The van der Waals surface area contributed by atoms with Crippen molar-refractivity contribution in [2.24, 2.45) is 0 Å². The largest absolute Gasteiger partial charge is 0.491 e. The smallest absolute Gasteiger partial charge is 0.125 e. The fourth-order valence-electron chi connectivity index (χ4n) is 1.64. The molecule has 1 aromatic carbocycles. The van der Waals surface area contributed by atoms with Crippen LogP contribution in [0.2, 0.25) is 0 Å². The summed E-state index contributed by atoms with van der Waals surface area (Å²) in [5.41, 5.74) is 2.41. The Morgan fingerprint density at radius 1 is 1.27 bits per heavy atom. The minimum Gasteiger partial charge on any atom is -0.491 e.